The Kier molecular flexibility index (Phi) is 5.43. The Hall–Kier alpha value is -2.28. The molecule has 0 radical (unpaired) electrons. The average molecular weight is 361 g/mol. The lowest BCUT2D eigenvalue weighted by molar-refractivity contribution is 0.0674. The Balaban J connectivity index is 1.48. The van der Waals surface area contributed by atoms with Crippen LogP contribution in [0.4, 0.5) is 4.79 Å². The first-order valence-electron chi connectivity index (χ1n) is 8.45. The van der Waals surface area contributed by atoms with Crippen molar-refractivity contribution in [1.29, 1.82) is 0 Å². The average Bonchev–Trinajstić information content (AvgIpc) is 3.34. The Morgan fingerprint density at radius 1 is 1.32 bits per heavy atom. The van der Waals surface area contributed by atoms with Gasteiger partial charge < -0.3 is 19.5 Å². The molecule has 25 heavy (non-hydrogen) atoms. The zero-order valence-corrected chi connectivity index (χ0v) is 15.3. The summed E-state index contributed by atoms with van der Waals surface area (Å²) >= 11 is 1.65. The molecule has 0 aromatic carbocycles. The number of carbonyl (C=O) groups excluding carboxylic acids is 2. The van der Waals surface area contributed by atoms with Gasteiger partial charge in [0.15, 0.2) is 5.76 Å². The van der Waals surface area contributed by atoms with E-state index >= 15 is 0 Å². The number of nitrogens with zero attached hydrogens (tertiary/aromatic N) is 2. The largest absolute Gasteiger partial charge is 0.459 e. The molecular weight excluding hydrogens is 338 g/mol. The standard InChI is InChI=1S/C18H23N3O3S/c1-13(16-6-4-12-25-16)20(2)18(23)19-14-7-9-21(10-8-14)17(22)15-5-3-11-24-15/h3-6,11-14H,7-10H2,1-2H3,(H,19,23). The lowest BCUT2D eigenvalue weighted by Gasteiger charge is -2.33. The third-order valence-electron chi connectivity index (χ3n) is 4.70. The molecule has 3 rings (SSSR count). The normalized spacial score (nSPS) is 16.5. The van der Waals surface area contributed by atoms with Gasteiger partial charge >= 0.3 is 6.03 Å². The van der Waals surface area contributed by atoms with Crippen molar-refractivity contribution in [3.05, 3.63) is 46.5 Å². The van der Waals surface area contributed by atoms with Gasteiger partial charge in [0.2, 0.25) is 0 Å². The molecule has 6 nitrogen and oxygen atoms in total. The Morgan fingerprint density at radius 3 is 2.68 bits per heavy atom. The number of carbonyl (C=O) groups is 2. The minimum absolute atomic E-state index is 0.0422. The van der Waals surface area contributed by atoms with E-state index < -0.39 is 0 Å². The third kappa shape index (κ3) is 4.04. The summed E-state index contributed by atoms with van der Waals surface area (Å²) in [6, 6.07) is 7.48. The van der Waals surface area contributed by atoms with Crippen LogP contribution in [0.15, 0.2) is 40.3 Å². The maximum absolute atomic E-state index is 12.5. The lowest BCUT2D eigenvalue weighted by Crippen LogP contribution is -2.49. The highest BCUT2D eigenvalue weighted by molar-refractivity contribution is 7.10. The quantitative estimate of drug-likeness (QED) is 0.908. The van der Waals surface area contributed by atoms with Gasteiger partial charge in [-0.3, -0.25) is 4.79 Å². The fourth-order valence-electron chi connectivity index (χ4n) is 2.96. The Labute approximate surface area is 151 Å². The van der Waals surface area contributed by atoms with Crippen LogP contribution in [-0.4, -0.2) is 47.9 Å². The zero-order chi connectivity index (χ0) is 17.8. The molecule has 1 aliphatic heterocycles. The Bertz CT molecular complexity index is 691. The summed E-state index contributed by atoms with van der Waals surface area (Å²) < 4.78 is 5.17. The molecule has 134 valence electrons. The van der Waals surface area contributed by atoms with E-state index in [0.29, 0.717) is 18.8 Å². The second-order valence-electron chi connectivity index (χ2n) is 6.30. The fourth-order valence-corrected chi connectivity index (χ4v) is 3.78. The number of likely N-dealkylation sites (tertiary alicyclic amines) is 1. The van der Waals surface area contributed by atoms with Crippen molar-refractivity contribution in [2.24, 2.45) is 0 Å². The van der Waals surface area contributed by atoms with Gasteiger partial charge in [-0.2, -0.15) is 0 Å². The molecule has 0 spiro atoms. The van der Waals surface area contributed by atoms with Gasteiger partial charge in [-0.05, 0) is 43.3 Å². The molecule has 0 bridgehead atoms. The van der Waals surface area contributed by atoms with Crippen molar-refractivity contribution in [1.82, 2.24) is 15.1 Å². The van der Waals surface area contributed by atoms with Crippen molar-refractivity contribution in [2.75, 3.05) is 20.1 Å². The summed E-state index contributed by atoms with van der Waals surface area (Å²) in [5.41, 5.74) is 0. The molecule has 0 aliphatic carbocycles. The highest BCUT2D eigenvalue weighted by Crippen LogP contribution is 2.23. The molecule has 1 unspecified atom stereocenters. The number of amides is 3. The minimum Gasteiger partial charge on any atom is -0.459 e. The number of hydrogen-bond acceptors (Lipinski definition) is 4. The Morgan fingerprint density at radius 2 is 2.08 bits per heavy atom. The van der Waals surface area contributed by atoms with Crippen LogP contribution < -0.4 is 5.32 Å². The van der Waals surface area contributed by atoms with Crippen LogP contribution in [-0.2, 0) is 0 Å². The van der Waals surface area contributed by atoms with Gasteiger partial charge in [0.25, 0.3) is 5.91 Å². The van der Waals surface area contributed by atoms with Gasteiger partial charge in [-0.25, -0.2) is 4.79 Å². The predicted octanol–water partition coefficient (Wildman–Crippen LogP) is 3.35. The third-order valence-corrected chi connectivity index (χ3v) is 5.74. The van der Waals surface area contributed by atoms with Crippen LogP contribution in [0.5, 0.6) is 0 Å². The maximum atomic E-state index is 12.5. The number of rotatable bonds is 4. The molecule has 7 heteroatoms. The summed E-state index contributed by atoms with van der Waals surface area (Å²) in [5, 5.41) is 5.10. The van der Waals surface area contributed by atoms with Crippen molar-refractivity contribution in [2.45, 2.75) is 31.8 Å². The van der Waals surface area contributed by atoms with Crippen molar-refractivity contribution in [3.8, 4) is 0 Å². The van der Waals surface area contributed by atoms with Gasteiger partial charge in [0, 0.05) is 31.1 Å². The van der Waals surface area contributed by atoms with Gasteiger partial charge in [-0.15, -0.1) is 11.3 Å². The lowest BCUT2D eigenvalue weighted by atomic mass is 10.0. The monoisotopic (exact) mass is 361 g/mol. The van der Waals surface area contributed by atoms with E-state index in [1.165, 1.54) is 6.26 Å². The first-order chi connectivity index (χ1) is 12.1. The van der Waals surface area contributed by atoms with Crippen LogP contribution in [0, 0.1) is 0 Å². The van der Waals surface area contributed by atoms with Crippen LogP contribution >= 0.6 is 11.3 Å². The SMILES string of the molecule is CC(c1cccs1)N(C)C(=O)NC1CCN(C(=O)c2ccco2)CC1. The van der Waals surface area contributed by atoms with Crippen molar-refractivity contribution < 1.29 is 14.0 Å². The van der Waals surface area contributed by atoms with Gasteiger partial charge in [0.05, 0.1) is 12.3 Å². The summed E-state index contributed by atoms with van der Waals surface area (Å²) in [4.78, 5) is 29.4. The molecule has 1 saturated heterocycles. The number of piperidine rings is 1. The van der Waals surface area contributed by atoms with Crippen LogP contribution in [0.3, 0.4) is 0 Å². The van der Waals surface area contributed by atoms with E-state index in [9.17, 15) is 9.59 Å². The van der Waals surface area contributed by atoms with E-state index in [-0.39, 0.29) is 24.0 Å². The predicted molar refractivity (Wildman–Crippen MR) is 96.7 cm³/mol. The number of furan rings is 1. The molecule has 2 aromatic heterocycles. The van der Waals surface area contributed by atoms with Crippen molar-refractivity contribution >= 4 is 23.3 Å². The molecule has 2 aromatic rings. The summed E-state index contributed by atoms with van der Waals surface area (Å²) in [5.74, 6) is 0.283. The fraction of sp³-hybridized carbons (Fsp3) is 0.444. The minimum atomic E-state index is -0.0850. The molecule has 0 saturated carbocycles. The van der Waals surface area contributed by atoms with Crippen LogP contribution in [0.25, 0.3) is 0 Å². The van der Waals surface area contributed by atoms with E-state index in [1.54, 1.807) is 33.3 Å². The van der Waals surface area contributed by atoms with Crippen molar-refractivity contribution in [3.63, 3.8) is 0 Å². The summed E-state index contributed by atoms with van der Waals surface area (Å²) in [6.45, 7) is 3.26. The number of hydrogen-bond donors (Lipinski definition) is 1. The first-order valence-corrected chi connectivity index (χ1v) is 9.33. The molecule has 1 fully saturated rings. The number of urea groups is 1. The van der Waals surface area contributed by atoms with Gasteiger partial charge in [0.1, 0.15) is 0 Å². The van der Waals surface area contributed by atoms with E-state index in [2.05, 4.69) is 5.32 Å². The second kappa shape index (κ2) is 7.74. The smallest absolute Gasteiger partial charge is 0.317 e. The van der Waals surface area contributed by atoms with E-state index in [4.69, 9.17) is 4.42 Å². The number of thiophene rings is 1. The zero-order valence-electron chi connectivity index (χ0n) is 14.5. The van der Waals surface area contributed by atoms with Crippen LogP contribution in [0.2, 0.25) is 0 Å². The molecule has 3 amide bonds. The number of nitrogens with one attached hydrogen (secondary N) is 1. The van der Waals surface area contributed by atoms with E-state index in [1.807, 2.05) is 31.5 Å². The molecule has 1 N–H and O–H groups in total. The highest BCUT2D eigenvalue weighted by atomic mass is 32.1. The molecule has 1 aliphatic rings. The second-order valence-corrected chi connectivity index (χ2v) is 7.27. The molecule has 3 heterocycles. The van der Waals surface area contributed by atoms with E-state index in [0.717, 1.165) is 17.7 Å². The summed E-state index contributed by atoms with van der Waals surface area (Å²) in [6.07, 6.45) is 3.00. The topological polar surface area (TPSA) is 65.8 Å². The maximum Gasteiger partial charge on any atom is 0.317 e. The summed E-state index contributed by atoms with van der Waals surface area (Å²) in [7, 11) is 1.81. The first kappa shape index (κ1) is 17.5. The van der Waals surface area contributed by atoms with Gasteiger partial charge in [-0.1, -0.05) is 6.07 Å². The molecule has 1 atom stereocenters. The molecular formula is C18H23N3O3S. The van der Waals surface area contributed by atoms with Crippen LogP contribution in [0.1, 0.15) is 41.2 Å². The highest BCUT2D eigenvalue weighted by Gasteiger charge is 2.27.